The van der Waals surface area contributed by atoms with E-state index in [4.69, 9.17) is 5.11 Å². The fraction of sp³-hybridized carbons (Fsp3) is 0.200. The Labute approximate surface area is 87.1 Å². The Morgan fingerprint density at radius 2 is 2.13 bits per heavy atom. The number of carboxylic acids is 1. The van der Waals surface area contributed by atoms with Gasteiger partial charge in [-0.15, -0.1) is 0 Å². The lowest BCUT2D eigenvalue weighted by molar-refractivity contribution is -0.147. The number of rotatable bonds is 3. The SMILES string of the molecule is CNCc1cccc(NC(=O)C(=O)O)c1. The molecule has 1 aromatic rings. The Morgan fingerprint density at radius 3 is 2.73 bits per heavy atom. The molecule has 0 saturated carbocycles. The molecule has 1 rings (SSSR count). The van der Waals surface area contributed by atoms with Crippen LogP contribution in [0.2, 0.25) is 0 Å². The first-order valence-electron chi connectivity index (χ1n) is 4.41. The lowest BCUT2D eigenvalue weighted by Gasteiger charge is -2.04. The Kier molecular flexibility index (Phi) is 3.82. The highest BCUT2D eigenvalue weighted by molar-refractivity contribution is 6.36. The van der Waals surface area contributed by atoms with Crippen molar-refractivity contribution in [3.05, 3.63) is 29.8 Å². The summed E-state index contributed by atoms with van der Waals surface area (Å²) < 4.78 is 0. The largest absolute Gasteiger partial charge is 0.474 e. The Bertz CT molecular complexity index is 377. The molecule has 0 fully saturated rings. The van der Waals surface area contributed by atoms with Gasteiger partial charge in [-0.3, -0.25) is 4.79 Å². The van der Waals surface area contributed by atoms with Crippen LogP contribution in [0.4, 0.5) is 5.69 Å². The quantitative estimate of drug-likeness (QED) is 0.629. The molecule has 5 nitrogen and oxygen atoms in total. The van der Waals surface area contributed by atoms with Crippen LogP contribution in [0.5, 0.6) is 0 Å². The highest BCUT2D eigenvalue weighted by atomic mass is 16.4. The molecular weight excluding hydrogens is 196 g/mol. The highest BCUT2D eigenvalue weighted by Crippen LogP contribution is 2.10. The molecule has 0 bridgehead atoms. The number of carbonyl (C=O) groups is 2. The second-order valence-electron chi connectivity index (χ2n) is 2.99. The summed E-state index contributed by atoms with van der Waals surface area (Å²) in [7, 11) is 1.81. The van der Waals surface area contributed by atoms with Crippen molar-refractivity contribution in [2.24, 2.45) is 0 Å². The van der Waals surface area contributed by atoms with Crippen molar-refractivity contribution in [3.63, 3.8) is 0 Å². The van der Waals surface area contributed by atoms with Gasteiger partial charge in [0.05, 0.1) is 0 Å². The third kappa shape index (κ3) is 3.40. The minimum absolute atomic E-state index is 0.482. The number of amides is 1. The zero-order valence-electron chi connectivity index (χ0n) is 8.28. The minimum atomic E-state index is -1.49. The van der Waals surface area contributed by atoms with Gasteiger partial charge < -0.3 is 15.7 Å². The van der Waals surface area contributed by atoms with Crippen molar-refractivity contribution in [2.75, 3.05) is 12.4 Å². The van der Waals surface area contributed by atoms with Crippen LogP contribution < -0.4 is 10.6 Å². The molecule has 0 atom stereocenters. The van der Waals surface area contributed by atoms with Crippen molar-refractivity contribution in [1.29, 1.82) is 0 Å². The summed E-state index contributed by atoms with van der Waals surface area (Å²) in [5, 5.41) is 13.6. The van der Waals surface area contributed by atoms with E-state index in [1.54, 1.807) is 18.2 Å². The second-order valence-corrected chi connectivity index (χ2v) is 2.99. The summed E-state index contributed by atoms with van der Waals surface area (Å²) in [6.07, 6.45) is 0. The number of anilines is 1. The average Bonchev–Trinajstić information content (AvgIpc) is 2.18. The third-order valence-electron chi connectivity index (χ3n) is 1.76. The van der Waals surface area contributed by atoms with Gasteiger partial charge in [0.1, 0.15) is 0 Å². The summed E-state index contributed by atoms with van der Waals surface area (Å²) in [4.78, 5) is 21.1. The van der Waals surface area contributed by atoms with Crippen LogP contribution in [-0.2, 0) is 16.1 Å². The zero-order valence-corrected chi connectivity index (χ0v) is 8.28. The molecule has 0 heterocycles. The van der Waals surface area contributed by atoms with Gasteiger partial charge >= 0.3 is 11.9 Å². The first kappa shape index (κ1) is 11.2. The normalized spacial score (nSPS) is 9.67. The van der Waals surface area contributed by atoms with Crippen molar-refractivity contribution in [1.82, 2.24) is 5.32 Å². The van der Waals surface area contributed by atoms with E-state index in [0.717, 1.165) is 5.56 Å². The summed E-state index contributed by atoms with van der Waals surface area (Å²) in [5.74, 6) is -2.52. The molecule has 0 unspecified atom stereocenters. The topological polar surface area (TPSA) is 78.4 Å². The van der Waals surface area contributed by atoms with Crippen LogP contribution in [0.15, 0.2) is 24.3 Å². The molecule has 0 aliphatic rings. The van der Waals surface area contributed by atoms with E-state index in [2.05, 4.69) is 10.6 Å². The van der Waals surface area contributed by atoms with E-state index in [1.165, 1.54) is 0 Å². The van der Waals surface area contributed by atoms with Crippen LogP contribution in [0, 0.1) is 0 Å². The van der Waals surface area contributed by atoms with Crippen LogP contribution in [0.25, 0.3) is 0 Å². The molecule has 0 spiro atoms. The summed E-state index contributed by atoms with van der Waals surface area (Å²) in [5.41, 5.74) is 1.45. The molecule has 0 aromatic heterocycles. The number of carbonyl (C=O) groups excluding carboxylic acids is 1. The second kappa shape index (κ2) is 5.11. The predicted octanol–water partition coefficient (Wildman–Crippen LogP) is 0.429. The fourth-order valence-electron chi connectivity index (χ4n) is 1.15. The lowest BCUT2D eigenvalue weighted by atomic mass is 10.2. The molecule has 3 N–H and O–H groups in total. The van der Waals surface area contributed by atoms with Gasteiger partial charge in [-0.1, -0.05) is 12.1 Å². The van der Waals surface area contributed by atoms with E-state index in [-0.39, 0.29) is 0 Å². The van der Waals surface area contributed by atoms with E-state index in [9.17, 15) is 9.59 Å². The first-order valence-corrected chi connectivity index (χ1v) is 4.41. The number of hydrogen-bond donors (Lipinski definition) is 3. The van der Waals surface area contributed by atoms with Crippen LogP contribution in [0.1, 0.15) is 5.56 Å². The van der Waals surface area contributed by atoms with Crippen molar-refractivity contribution in [3.8, 4) is 0 Å². The van der Waals surface area contributed by atoms with Gasteiger partial charge in [0.2, 0.25) is 0 Å². The average molecular weight is 208 g/mol. The molecule has 1 amide bonds. The van der Waals surface area contributed by atoms with Gasteiger partial charge in [0.25, 0.3) is 0 Å². The molecule has 80 valence electrons. The van der Waals surface area contributed by atoms with E-state index >= 15 is 0 Å². The Balaban J connectivity index is 2.73. The molecule has 0 aliphatic heterocycles. The number of carboxylic acid groups (broad SMARTS) is 1. The molecule has 15 heavy (non-hydrogen) atoms. The minimum Gasteiger partial charge on any atom is -0.474 e. The predicted molar refractivity (Wildman–Crippen MR) is 55.5 cm³/mol. The van der Waals surface area contributed by atoms with Gasteiger partial charge in [0, 0.05) is 12.2 Å². The zero-order chi connectivity index (χ0) is 11.3. The Morgan fingerprint density at radius 1 is 1.40 bits per heavy atom. The molecular formula is C10H12N2O3. The van der Waals surface area contributed by atoms with Gasteiger partial charge in [-0.05, 0) is 24.7 Å². The monoisotopic (exact) mass is 208 g/mol. The molecule has 1 aromatic carbocycles. The van der Waals surface area contributed by atoms with Crippen LogP contribution >= 0.6 is 0 Å². The van der Waals surface area contributed by atoms with E-state index < -0.39 is 11.9 Å². The van der Waals surface area contributed by atoms with Gasteiger partial charge in [0.15, 0.2) is 0 Å². The number of aliphatic carboxylic acids is 1. The van der Waals surface area contributed by atoms with Crippen molar-refractivity contribution >= 4 is 17.6 Å². The smallest absolute Gasteiger partial charge is 0.394 e. The number of hydrogen-bond acceptors (Lipinski definition) is 3. The molecule has 0 aliphatic carbocycles. The lowest BCUT2D eigenvalue weighted by Crippen LogP contribution is -2.21. The maximum atomic E-state index is 10.9. The number of benzene rings is 1. The van der Waals surface area contributed by atoms with E-state index in [0.29, 0.717) is 12.2 Å². The Hall–Kier alpha value is -1.88. The van der Waals surface area contributed by atoms with Crippen molar-refractivity contribution in [2.45, 2.75) is 6.54 Å². The van der Waals surface area contributed by atoms with Crippen molar-refractivity contribution < 1.29 is 14.7 Å². The van der Waals surface area contributed by atoms with Gasteiger partial charge in [-0.2, -0.15) is 0 Å². The van der Waals surface area contributed by atoms with Gasteiger partial charge in [-0.25, -0.2) is 4.79 Å². The molecule has 0 saturated heterocycles. The third-order valence-corrected chi connectivity index (χ3v) is 1.76. The molecule has 0 radical (unpaired) electrons. The fourth-order valence-corrected chi connectivity index (χ4v) is 1.15. The van der Waals surface area contributed by atoms with Crippen LogP contribution in [-0.4, -0.2) is 24.0 Å². The summed E-state index contributed by atoms with van der Waals surface area (Å²) in [6.45, 7) is 0.663. The summed E-state index contributed by atoms with van der Waals surface area (Å²) >= 11 is 0. The maximum absolute atomic E-state index is 10.9. The first-order chi connectivity index (χ1) is 7.13. The number of nitrogens with one attached hydrogen (secondary N) is 2. The standard InChI is InChI=1S/C10H12N2O3/c1-11-6-7-3-2-4-8(5-7)12-9(13)10(14)15/h2-5,11H,6H2,1H3,(H,12,13)(H,14,15). The van der Waals surface area contributed by atoms with E-state index in [1.807, 2.05) is 13.1 Å². The van der Waals surface area contributed by atoms with Crippen LogP contribution in [0.3, 0.4) is 0 Å². The highest BCUT2D eigenvalue weighted by Gasteiger charge is 2.10. The summed E-state index contributed by atoms with van der Waals surface area (Å²) in [6, 6.07) is 6.99. The molecule has 5 heteroatoms. The maximum Gasteiger partial charge on any atom is 0.394 e.